The minimum absolute atomic E-state index is 0.556. The van der Waals surface area contributed by atoms with E-state index in [-0.39, 0.29) is 0 Å². The Morgan fingerprint density at radius 2 is 0.857 bits per heavy atom. The fourth-order valence-electron chi connectivity index (χ4n) is 6.14. The van der Waals surface area contributed by atoms with E-state index in [1.807, 2.05) is 126 Å². The summed E-state index contributed by atoms with van der Waals surface area (Å²) in [5.41, 5.74) is 3.59. The van der Waals surface area contributed by atoms with Gasteiger partial charge in [-0.1, -0.05) is 119 Å². The number of benzene rings is 4. The maximum atomic E-state index is 13.0. The van der Waals surface area contributed by atoms with E-state index in [2.05, 4.69) is 12.1 Å². The molecule has 4 atom stereocenters. The monoisotopic (exact) mass is 640 g/mol. The van der Waals surface area contributed by atoms with E-state index in [9.17, 15) is 10.2 Å². The van der Waals surface area contributed by atoms with Gasteiger partial charge in [0.2, 0.25) is 0 Å². The Morgan fingerprint density at radius 3 is 1.14 bits per heavy atom. The van der Waals surface area contributed by atoms with Crippen LogP contribution in [-0.2, 0) is 37.7 Å². The van der Waals surface area contributed by atoms with Gasteiger partial charge >= 0.3 is 35.6 Å². The molecule has 220 valence electrons. The molecule has 5 rings (SSSR count). The Balaban J connectivity index is 0.00000129. The van der Waals surface area contributed by atoms with Crippen LogP contribution in [0.4, 0.5) is 0 Å². The Bertz CT molecular complexity index is 1350. The number of hydrogen-bond acceptors (Lipinski definition) is 4. The van der Waals surface area contributed by atoms with Gasteiger partial charge in [-0.05, 0) is 63.8 Å². The average molecular weight is 641 g/mol. The van der Waals surface area contributed by atoms with Crippen molar-refractivity contribution >= 4 is 18.6 Å². The van der Waals surface area contributed by atoms with Crippen LogP contribution in [0.25, 0.3) is 0 Å². The van der Waals surface area contributed by atoms with E-state index in [0.29, 0.717) is 22.3 Å². The predicted octanol–water partition coefficient (Wildman–Crippen LogP) is 7.99. The van der Waals surface area contributed by atoms with Gasteiger partial charge in [0.15, 0.2) is 5.79 Å². The van der Waals surface area contributed by atoms with Crippen LogP contribution in [0.5, 0.6) is 0 Å². The summed E-state index contributed by atoms with van der Waals surface area (Å²) in [4.78, 5) is 0. The van der Waals surface area contributed by atoms with Crippen molar-refractivity contribution < 1.29 is 36.7 Å². The van der Waals surface area contributed by atoms with Gasteiger partial charge in [0.05, 0.1) is 0 Å². The third-order valence-electron chi connectivity index (χ3n) is 7.67. The molecule has 0 radical (unpaired) electrons. The van der Waals surface area contributed by atoms with Crippen molar-refractivity contribution in [2.45, 2.75) is 70.7 Å². The molecule has 42 heavy (non-hydrogen) atoms. The third-order valence-corrected chi connectivity index (χ3v) is 7.67. The quantitative estimate of drug-likeness (QED) is 0.210. The van der Waals surface area contributed by atoms with Crippen LogP contribution < -0.4 is 0 Å². The van der Waals surface area contributed by atoms with E-state index in [1.165, 1.54) is 0 Å². The molecule has 0 amide bonds. The summed E-state index contributed by atoms with van der Waals surface area (Å²) in [6, 6.07) is 31.2. The van der Waals surface area contributed by atoms with Crippen LogP contribution in [0.15, 0.2) is 97.1 Å². The van der Waals surface area contributed by atoms with Crippen molar-refractivity contribution in [3.63, 3.8) is 0 Å². The standard InChI is InChI=1S/C35H38O4.2ClH.Ti/c1-23-17-24(2)20-29(19-23)34(36,27-13-9-7-10-14-27)31-32(39-33(5,6)38-31)35(37,28-15-11-8-12-16-28)30-21-25(3)18-26(4)22-30;;;/h7-22,31-32,36-37H,1-6H3;2*1H;/q;;;+2/p-2/t31-,32-,34-,35-;;;/m1.../s1. The third kappa shape index (κ3) is 6.72. The molecule has 4 nitrogen and oxygen atoms in total. The Morgan fingerprint density at radius 1 is 0.571 bits per heavy atom. The fraction of sp³-hybridized carbons (Fsp3) is 0.314. The van der Waals surface area contributed by atoms with Crippen molar-refractivity contribution in [2.75, 3.05) is 0 Å². The van der Waals surface area contributed by atoms with Crippen molar-refractivity contribution in [3.05, 3.63) is 142 Å². The topological polar surface area (TPSA) is 58.9 Å². The molecule has 0 spiro atoms. The minimum atomic E-state index is -1.63. The zero-order chi connectivity index (χ0) is 30.7. The van der Waals surface area contributed by atoms with Gasteiger partial charge in [0.1, 0.15) is 23.4 Å². The van der Waals surface area contributed by atoms with E-state index < -0.39 is 46.2 Å². The average Bonchev–Trinajstić information content (AvgIpc) is 3.28. The first-order valence-electron chi connectivity index (χ1n) is 13.9. The molecule has 1 fully saturated rings. The van der Waals surface area contributed by atoms with Crippen molar-refractivity contribution in [1.82, 2.24) is 0 Å². The summed E-state index contributed by atoms with van der Waals surface area (Å²) < 4.78 is 13.3. The molecule has 1 heterocycles. The zero-order valence-electron chi connectivity index (χ0n) is 24.9. The molecule has 1 aliphatic rings. The molecule has 0 unspecified atom stereocenters. The number of hydrogen-bond donors (Lipinski definition) is 2. The Kier molecular flexibility index (Phi) is 10.5. The van der Waals surface area contributed by atoms with Gasteiger partial charge in [-0.2, -0.15) is 0 Å². The molecule has 0 aliphatic carbocycles. The number of halogens is 2. The number of aryl methyl sites for hydroxylation is 4. The van der Waals surface area contributed by atoms with Crippen LogP contribution in [0.1, 0.15) is 58.4 Å². The van der Waals surface area contributed by atoms with Gasteiger partial charge in [0.25, 0.3) is 0 Å². The van der Waals surface area contributed by atoms with Gasteiger partial charge in [-0.15, -0.1) is 0 Å². The predicted molar refractivity (Wildman–Crippen MR) is 166 cm³/mol. The summed E-state index contributed by atoms with van der Waals surface area (Å²) in [5, 5.41) is 25.9. The van der Waals surface area contributed by atoms with Crippen LogP contribution in [-0.4, -0.2) is 28.2 Å². The molecular weight excluding hydrogens is 603 g/mol. The van der Waals surface area contributed by atoms with Crippen LogP contribution in [0, 0.1) is 27.7 Å². The normalized spacial score (nSPS) is 20.5. The molecule has 0 saturated carbocycles. The van der Waals surface area contributed by atoms with E-state index in [1.54, 1.807) is 0 Å². The summed E-state index contributed by atoms with van der Waals surface area (Å²) in [7, 11) is 9.78. The SMILES string of the molecule is Cc1cc(C)cc([C@](O)(c2ccccc2)[C@@H]2OC(C)(C)O[C@H]2[C@@](O)(c2ccccc2)c2cc(C)cc(C)c2)c1.[Cl][Ti][Cl]. The van der Waals surface area contributed by atoms with E-state index in [4.69, 9.17) is 28.1 Å². The number of aliphatic hydroxyl groups is 2. The summed E-state index contributed by atoms with van der Waals surface area (Å²) >= 11 is -0.556. The van der Waals surface area contributed by atoms with Crippen LogP contribution in [0.3, 0.4) is 0 Å². The molecule has 4 aromatic rings. The number of rotatable bonds is 6. The van der Waals surface area contributed by atoms with Crippen molar-refractivity contribution in [2.24, 2.45) is 0 Å². The molecule has 1 saturated heterocycles. The van der Waals surface area contributed by atoms with Crippen LogP contribution in [0.2, 0.25) is 0 Å². The first-order chi connectivity index (χ1) is 19.8. The molecule has 1 aliphatic heterocycles. The van der Waals surface area contributed by atoms with Gasteiger partial charge in [-0.3, -0.25) is 0 Å². The first kappa shape index (κ1) is 32.9. The molecule has 0 bridgehead atoms. The first-order valence-corrected chi connectivity index (χ1v) is 18.2. The van der Waals surface area contributed by atoms with Gasteiger partial charge in [-0.25, -0.2) is 0 Å². The van der Waals surface area contributed by atoms with Crippen molar-refractivity contribution in [3.8, 4) is 0 Å². The van der Waals surface area contributed by atoms with Crippen molar-refractivity contribution in [1.29, 1.82) is 0 Å². The zero-order valence-corrected chi connectivity index (χ0v) is 27.9. The van der Waals surface area contributed by atoms with Gasteiger partial charge in [0, 0.05) is 0 Å². The van der Waals surface area contributed by atoms with E-state index >= 15 is 0 Å². The maximum absolute atomic E-state index is 13.0. The molecular formula is C35H38Cl2O4Ti. The fourth-order valence-corrected chi connectivity index (χ4v) is 6.14. The number of ether oxygens (including phenoxy) is 2. The molecule has 0 aromatic heterocycles. The second kappa shape index (κ2) is 13.3. The van der Waals surface area contributed by atoms with Crippen LogP contribution >= 0.6 is 18.6 Å². The summed E-state index contributed by atoms with van der Waals surface area (Å²) in [6.45, 7) is 11.7. The second-order valence-corrected chi connectivity index (χ2v) is 14.1. The molecule has 2 N–H and O–H groups in total. The van der Waals surface area contributed by atoms with E-state index in [0.717, 1.165) is 22.3 Å². The molecule has 4 aromatic carbocycles. The van der Waals surface area contributed by atoms with Gasteiger partial charge < -0.3 is 19.7 Å². The summed E-state index contributed by atoms with van der Waals surface area (Å²) in [6.07, 6.45) is -1.91. The molecule has 7 heteroatoms. The second-order valence-electron chi connectivity index (χ2n) is 11.6. The summed E-state index contributed by atoms with van der Waals surface area (Å²) in [5.74, 6) is -1.07. The Hall–Kier alpha value is -1.99. The Labute approximate surface area is 266 Å².